The highest BCUT2D eigenvalue weighted by Gasteiger charge is 2.31. The van der Waals surface area contributed by atoms with Crippen molar-refractivity contribution in [2.75, 3.05) is 20.8 Å². The highest BCUT2D eigenvalue weighted by Crippen LogP contribution is 2.15. The Morgan fingerprint density at radius 2 is 1.80 bits per heavy atom. The smallest absolute Gasteiger partial charge is 0.338 e. The predicted octanol–water partition coefficient (Wildman–Crippen LogP) is 0.700. The SMILES string of the molecule is CC[Si](CCN)(OC)OC. The largest absolute Gasteiger partial charge is 0.398 e. The molecule has 0 aromatic carbocycles. The molecule has 0 heterocycles. The molecule has 0 spiro atoms. The van der Waals surface area contributed by atoms with Gasteiger partial charge in [-0.3, -0.25) is 0 Å². The minimum absolute atomic E-state index is 0.655. The molecule has 0 amide bonds. The fourth-order valence-electron chi connectivity index (χ4n) is 0.973. The lowest BCUT2D eigenvalue weighted by atomic mass is 10.8. The van der Waals surface area contributed by atoms with E-state index < -0.39 is 8.56 Å². The molecule has 0 aliphatic carbocycles. The molecule has 0 rings (SSSR count). The summed E-state index contributed by atoms with van der Waals surface area (Å²) in [5.41, 5.74) is 5.42. The van der Waals surface area contributed by atoms with Gasteiger partial charge in [0.1, 0.15) is 0 Å². The van der Waals surface area contributed by atoms with E-state index in [1.54, 1.807) is 14.2 Å². The van der Waals surface area contributed by atoms with Crippen molar-refractivity contribution in [3.63, 3.8) is 0 Å². The van der Waals surface area contributed by atoms with Crippen LogP contribution >= 0.6 is 0 Å². The normalized spacial score (nSPS) is 12.0. The maximum atomic E-state index is 5.42. The molecule has 0 saturated carbocycles. The first kappa shape index (κ1) is 10.1. The van der Waals surface area contributed by atoms with Crippen LogP contribution in [0.2, 0.25) is 12.1 Å². The molecule has 4 heteroatoms. The zero-order valence-electron chi connectivity index (χ0n) is 7.02. The van der Waals surface area contributed by atoms with Crippen molar-refractivity contribution < 1.29 is 8.85 Å². The lowest BCUT2D eigenvalue weighted by Gasteiger charge is -2.24. The monoisotopic (exact) mass is 163 g/mol. The third-order valence-electron chi connectivity index (χ3n) is 1.81. The topological polar surface area (TPSA) is 44.5 Å². The van der Waals surface area contributed by atoms with E-state index in [0.717, 1.165) is 12.1 Å². The van der Waals surface area contributed by atoms with Crippen LogP contribution in [0.4, 0.5) is 0 Å². The van der Waals surface area contributed by atoms with Crippen LogP contribution in [0.15, 0.2) is 0 Å². The third-order valence-corrected chi connectivity index (χ3v) is 5.42. The Kier molecular flexibility index (Phi) is 4.89. The summed E-state index contributed by atoms with van der Waals surface area (Å²) >= 11 is 0. The first-order chi connectivity index (χ1) is 4.74. The molecular formula is C6H17NO2Si. The molecule has 0 atom stereocenters. The average molecular weight is 163 g/mol. The van der Waals surface area contributed by atoms with Gasteiger partial charge < -0.3 is 14.6 Å². The van der Waals surface area contributed by atoms with Crippen LogP contribution in [0.5, 0.6) is 0 Å². The standard InChI is InChI=1S/C6H17NO2Si/c1-4-10(8-2,9-3)6-5-7/h4-7H2,1-3H3. The maximum absolute atomic E-state index is 5.42. The van der Waals surface area contributed by atoms with Gasteiger partial charge in [0.05, 0.1) is 0 Å². The van der Waals surface area contributed by atoms with Crippen LogP contribution in [-0.2, 0) is 8.85 Å². The average Bonchev–Trinajstić information content (AvgIpc) is 2.01. The molecule has 0 fully saturated rings. The summed E-state index contributed by atoms with van der Waals surface area (Å²) in [6.45, 7) is 2.73. The summed E-state index contributed by atoms with van der Waals surface area (Å²) in [7, 11) is 1.56. The van der Waals surface area contributed by atoms with Crippen molar-refractivity contribution in [1.82, 2.24) is 0 Å². The van der Waals surface area contributed by atoms with Gasteiger partial charge in [0.25, 0.3) is 0 Å². The lowest BCUT2D eigenvalue weighted by molar-refractivity contribution is 0.243. The second-order valence-corrected chi connectivity index (χ2v) is 6.06. The third kappa shape index (κ3) is 2.38. The number of hydrogen-bond donors (Lipinski definition) is 1. The molecule has 0 aromatic heterocycles. The molecule has 0 radical (unpaired) electrons. The van der Waals surface area contributed by atoms with Crippen LogP contribution in [0.3, 0.4) is 0 Å². The van der Waals surface area contributed by atoms with E-state index in [9.17, 15) is 0 Å². The summed E-state index contributed by atoms with van der Waals surface area (Å²) in [6.07, 6.45) is 0. The summed E-state index contributed by atoms with van der Waals surface area (Å²) < 4.78 is 10.6. The van der Waals surface area contributed by atoms with Gasteiger partial charge in [-0.1, -0.05) is 6.92 Å². The molecule has 2 N–H and O–H groups in total. The first-order valence-corrected chi connectivity index (χ1v) is 5.78. The zero-order chi connectivity index (χ0) is 8.04. The van der Waals surface area contributed by atoms with Gasteiger partial charge in [0.15, 0.2) is 0 Å². The molecule has 10 heavy (non-hydrogen) atoms. The summed E-state index contributed by atoms with van der Waals surface area (Å²) in [5.74, 6) is 0. The second-order valence-electron chi connectivity index (χ2n) is 2.21. The molecule has 0 unspecified atom stereocenters. The Labute approximate surface area is 63.8 Å². The van der Waals surface area contributed by atoms with E-state index in [0.29, 0.717) is 6.54 Å². The van der Waals surface area contributed by atoms with Gasteiger partial charge in [-0.15, -0.1) is 0 Å². The first-order valence-electron chi connectivity index (χ1n) is 3.55. The van der Waals surface area contributed by atoms with Crippen LogP contribution in [0, 0.1) is 0 Å². The highest BCUT2D eigenvalue weighted by atomic mass is 28.4. The van der Waals surface area contributed by atoms with Gasteiger partial charge >= 0.3 is 8.56 Å². The molecule has 0 aliphatic rings. The molecule has 0 aliphatic heterocycles. The van der Waals surface area contributed by atoms with E-state index in [4.69, 9.17) is 14.6 Å². The molecule has 3 nitrogen and oxygen atoms in total. The summed E-state index contributed by atoms with van der Waals surface area (Å²) in [5, 5.41) is 0. The summed E-state index contributed by atoms with van der Waals surface area (Å²) in [6, 6.07) is 1.85. The maximum Gasteiger partial charge on any atom is 0.338 e. The van der Waals surface area contributed by atoms with E-state index in [1.807, 2.05) is 0 Å². The molecule has 0 bridgehead atoms. The van der Waals surface area contributed by atoms with Crippen molar-refractivity contribution in [1.29, 1.82) is 0 Å². The fourth-order valence-corrected chi connectivity index (χ4v) is 2.92. The summed E-state index contributed by atoms with van der Waals surface area (Å²) in [4.78, 5) is 0. The van der Waals surface area contributed by atoms with E-state index in [-0.39, 0.29) is 0 Å². The van der Waals surface area contributed by atoms with Crippen LogP contribution in [-0.4, -0.2) is 29.3 Å². The van der Waals surface area contributed by atoms with Crippen LogP contribution < -0.4 is 5.73 Å². The van der Waals surface area contributed by atoms with E-state index in [1.165, 1.54) is 0 Å². The Morgan fingerprint density at radius 1 is 1.30 bits per heavy atom. The minimum Gasteiger partial charge on any atom is -0.398 e. The van der Waals surface area contributed by atoms with Crippen LogP contribution in [0.1, 0.15) is 6.92 Å². The van der Waals surface area contributed by atoms with Crippen LogP contribution in [0.25, 0.3) is 0 Å². The number of rotatable bonds is 5. The van der Waals surface area contributed by atoms with Crippen molar-refractivity contribution in [3.8, 4) is 0 Å². The van der Waals surface area contributed by atoms with E-state index >= 15 is 0 Å². The van der Waals surface area contributed by atoms with Gasteiger partial charge in [-0.2, -0.15) is 0 Å². The van der Waals surface area contributed by atoms with Gasteiger partial charge in [0, 0.05) is 20.3 Å². The minimum atomic E-state index is -1.84. The fraction of sp³-hybridized carbons (Fsp3) is 1.00. The van der Waals surface area contributed by atoms with Crippen molar-refractivity contribution in [3.05, 3.63) is 0 Å². The van der Waals surface area contributed by atoms with E-state index in [2.05, 4.69) is 6.92 Å². The molecule has 0 aromatic rings. The van der Waals surface area contributed by atoms with Crippen molar-refractivity contribution >= 4 is 8.56 Å². The number of hydrogen-bond acceptors (Lipinski definition) is 3. The Morgan fingerprint density at radius 3 is 1.90 bits per heavy atom. The second kappa shape index (κ2) is 4.84. The zero-order valence-corrected chi connectivity index (χ0v) is 8.02. The Hall–Kier alpha value is 0.0969. The predicted molar refractivity (Wildman–Crippen MR) is 44.1 cm³/mol. The van der Waals surface area contributed by atoms with Gasteiger partial charge in [0.2, 0.25) is 0 Å². The number of nitrogens with two attached hydrogens (primary N) is 1. The lowest BCUT2D eigenvalue weighted by Crippen LogP contribution is -2.40. The Bertz CT molecular complexity index is 77.6. The quantitative estimate of drug-likeness (QED) is 0.607. The van der Waals surface area contributed by atoms with Crippen molar-refractivity contribution in [2.45, 2.75) is 19.0 Å². The highest BCUT2D eigenvalue weighted by molar-refractivity contribution is 6.67. The van der Waals surface area contributed by atoms with Gasteiger partial charge in [-0.05, 0) is 12.6 Å². The van der Waals surface area contributed by atoms with Gasteiger partial charge in [-0.25, -0.2) is 0 Å². The molecule has 0 saturated heterocycles. The molecular weight excluding hydrogens is 146 g/mol. The molecule has 62 valence electrons. The van der Waals surface area contributed by atoms with Crippen molar-refractivity contribution in [2.24, 2.45) is 5.73 Å². The Balaban J connectivity index is 3.87.